The van der Waals surface area contributed by atoms with Crippen LogP contribution >= 0.6 is 24.0 Å². The molecule has 0 aromatic carbocycles. The van der Waals surface area contributed by atoms with Crippen molar-refractivity contribution in [1.82, 2.24) is 20.9 Å². The van der Waals surface area contributed by atoms with E-state index in [9.17, 15) is 4.79 Å². The molecular formula is C23H46IN5O2. The summed E-state index contributed by atoms with van der Waals surface area (Å²) in [4.78, 5) is 18.5. The minimum atomic E-state index is 0. The second-order valence-corrected chi connectivity index (χ2v) is 8.74. The molecule has 1 aliphatic heterocycles. The lowest BCUT2D eigenvalue weighted by Crippen LogP contribution is -2.50. The van der Waals surface area contributed by atoms with E-state index in [4.69, 9.17) is 4.74 Å². The average molecular weight is 552 g/mol. The lowest BCUT2D eigenvalue weighted by Gasteiger charge is -2.32. The number of rotatable bonds is 12. The molecule has 0 radical (unpaired) electrons. The molecule has 0 bridgehead atoms. The van der Waals surface area contributed by atoms with Crippen molar-refractivity contribution in [2.24, 2.45) is 4.99 Å². The zero-order chi connectivity index (χ0) is 21.4. The van der Waals surface area contributed by atoms with Crippen molar-refractivity contribution in [3.63, 3.8) is 0 Å². The van der Waals surface area contributed by atoms with Crippen LogP contribution in [0.1, 0.15) is 77.6 Å². The zero-order valence-electron chi connectivity index (χ0n) is 19.8. The van der Waals surface area contributed by atoms with Crippen molar-refractivity contribution in [2.45, 2.75) is 89.7 Å². The molecule has 182 valence electrons. The van der Waals surface area contributed by atoms with Crippen LogP contribution in [0.4, 0.5) is 0 Å². The van der Waals surface area contributed by atoms with E-state index in [1.54, 1.807) is 0 Å². The molecule has 1 saturated heterocycles. The van der Waals surface area contributed by atoms with Crippen LogP contribution < -0.4 is 16.0 Å². The Hall–Kier alpha value is -0.610. The molecule has 2 aliphatic rings. The van der Waals surface area contributed by atoms with Gasteiger partial charge in [-0.05, 0) is 51.4 Å². The fourth-order valence-electron chi connectivity index (χ4n) is 4.24. The van der Waals surface area contributed by atoms with Gasteiger partial charge >= 0.3 is 0 Å². The van der Waals surface area contributed by atoms with E-state index in [2.05, 4.69) is 32.8 Å². The molecule has 2 fully saturated rings. The van der Waals surface area contributed by atoms with Crippen molar-refractivity contribution < 1.29 is 9.53 Å². The van der Waals surface area contributed by atoms with E-state index in [1.807, 2.05) is 7.05 Å². The van der Waals surface area contributed by atoms with Crippen LogP contribution in [-0.4, -0.2) is 75.3 Å². The number of carbonyl (C=O) groups is 1. The first-order valence-corrected chi connectivity index (χ1v) is 12.3. The van der Waals surface area contributed by atoms with E-state index >= 15 is 0 Å². The summed E-state index contributed by atoms with van der Waals surface area (Å²) in [5.41, 5.74) is 0. The van der Waals surface area contributed by atoms with Crippen molar-refractivity contribution in [3.8, 4) is 0 Å². The number of nitrogens with one attached hydrogen (secondary N) is 3. The quantitative estimate of drug-likeness (QED) is 0.150. The number of piperidine rings is 1. The summed E-state index contributed by atoms with van der Waals surface area (Å²) < 4.78 is 6.00. The molecule has 8 heteroatoms. The van der Waals surface area contributed by atoms with Gasteiger partial charge in [0.1, 0.15) is 0 Å². The molecule has 1 heterocycles. The number of guanidine groups is 1. The van der Waals surface area contributed by atoms with E-state index in [-0.39, 0.29) is 29.9 Å². The van der Waals surface area contributed by atoms with E-state index < -0.39 is 0 Å². The number of nitrogens with zero attached hydrogens (tertiary/aromatic N) is 2. The fourth-order valence-corrected chi connectivity index (χ4v) is 4.24. The van der Waals surface area contributed by atoms with Gasteiger partial charge in [-0.15, -0.1) is 24.0 Å². The number of hydrogen-bond donors (Lipinski definition) is 3. The molecule has 1 amide bonds. The summed E-state index contributed by atoms with van der Waals surface area (Å²) in [6.07, 6.45) is 13.7. The molecule has 1 saturated carbocycles. The van der Waals surface area contributed by atoms with Gasteiger partial charge in [-0.25, -0.2) is 0 Å². The van der Waals surface area contributed by atoms with Gasteiger partial charge in [-0.3, -0.25) is 14.7 Å². The van der Waals surface area contributed by atoms with Crippen molar-refractivity contribution in [2.75, 3.05) is 46.4 Å². The summed E-state index contributed by atoms with van der Waals surface area (Å²) in [6.45, 7) is 7.12. The normalized spacial score (nSPS) is 19.0. The van der Waals surface area contributed by atoms with Gasteiger partial charge in [-0.1, -0.05) is 26.2 Å². The molecule has 0 aromatic rings. The molecule has 1 aliphatic carbocycles. The number of unbranched alkanes of at least 4 members (excludes halogenated alkanes) is 2. The van der Waals surface area contributed by atoms with Gasteiger partial charge in [0.2, 0.25) is 5.91 Å². The number of hydrogen-bond acceptors (Lipinski definition) is 4. The summed E-state index contributed by atoms with van der Waals surface area (Å²) >= 11 is 0. The van der Waals surface area contributed by atoms with Gasteiger partial charge < -0.3 is 20.7 Å². The number of carbonyl (C=O) groups excluding carboxylic acids is 1. The lowest BCUT2D eigenvalue weighted by atomic mass is 9.98. The predicted molar refractivity (Wildman–Crippen MR) is 139 cm³/mol. The third kappa shape index (κ3) is 12.9. The van der Waals surface area contributed by atoms with Crippen molar-refractivity contribution in [3.05, 3.63) is 0 Å². The van der Waals surface area contributed by atoms with Crippen molar-refractivity contribution in [1.29, 1.82) is 0 Å². The molecule has 2 rings (SSSR count). The molecule has 0 unspecified atom stereocenters. The first kappa shape index (κ1) is 28.4. The van der Waals surface area contributed by atoms with E-state index in [0.717, 1.165) is 70.8 Å². The largest absolute Gasteiger partial charge is 0.378 e. The highest BCUT2D eigenvalue weighted by atomic mass is 127. The second-order valence-electron chi connectivity index (χ2n) is 8.74. The third-order valence-corrected chi connectivity index (χ3v) is 6.11. The Kier molecular flexibility index (Phi) is 16.4. The van der Waals surface area contributed by atoms with E-state index in [0.29, 0.717) is 18.7 Å². The minimum Gasteiger partial charge on any atom is -0.378 e. The topological polar surface area (TPSA) is 78.0 Å². The second kappa shape index (κ2) is 17.9. The van der Waals surface area contributed by atoms with Crippen LogP contribution in [-0.2, 0) is 9.53 Å². The SMILES string of the molecule is CCCNC(=O)CN1CCC(NC(=NC)NCCCCCOC2CCCCC2)CC1.I. The molecule has 3 N–H and O–H groups in total. The number of halogens is 1. The van der Waals surface area contributed by atoms with Crippen molar-refractivity contribution >= 4 is 35.8 Å². The Balaban J connectivity index is 0.00000480. The number of amides is 1. The number of ether oxygens (including phenoxy) is 1. The molecule has 0 aromatic heterocycles. The van der Waals surface area contributed by atoms with Crippen LogP contribution in [0, 0.1) is 0 Å². The highest BCUT2D eigenvalue weighted by Gasteiger charge is 2.21. The predicted octanol–water partition coefficient (Wildman–Crippen LogP) is 3.28. The van der Waals surface area contributed by atoms with Gasteiger partial charge in [0.25, 0.3) is 0 Å². The highest BCUT2D eigenvalue weighted by Crippen LogP contribution is 2.20. The highest BCUT2D eigenvalue weighted by molar-refractivity contribution is 14.0. The Morgan fingerprint density at radius 1 is 1.00 bits per heavy atom. The van der Waals surface area contributed by atoms with Crippen LogP contribution in [0.3, 0.4) is 0 Å². The Morgan fingerprint density at radius 3 is 2.42 bits per heavy atom. The van der Waals surface area contributed by atoms with Gasteiger partial charge in [-0.2, -0.15) is 0 Å². The first-order chi connectivity index (χ1) is 14.7. The maximum absolute atomic E-state index is 11.9. The fraction of sp³-hybridized carbons (Fsp3) is 0.913. The first-order valence-electron chi connectivity index (χ1n) is 12.3. The van der Waals surface area contributed by atoms with Crippen LogP contribution in [0.2, 0.25) is 0 Å². The van der Waals surface area contributed by atoms with Crippen LogP contribution in [0.5, 0.6) is 0 Å². The zero-order valence-corrected chi connectivity index (χ0v) is 22.1. The van der Waals surface area contributed by atoms with Gasteiger partial charge in [0, 0.05) is 45.9 Å². The number of likely N-dealkylation sites (tertiary alicyclic amines) is 1. The maximum atomic E-state index is 11.9. The Morgan fingerprint density at radius 2 is 1.74 bits per heavy atom. The van der Waals surface area contributed by atoms with Gasteiger partial charge in [0.05, 0.1) is 12.6 Å². The summed E-state index contributed by atoms with van der Waals surface area (Å²) in [7, 11) is 1.83. The molecule has 0 spiro atoms. The Bertz CT molecular complexity index is 492. The number of aliphatic imine (C=N–C) groups is 1. The summed E-state index contributed by atoms with van der Waals surface area (Å²) in [5, 5.41) is 9.95. The monoisotopic (exact) mass is 551 g/mol. The molecular weight excluding hydrogens is 505 g/mol. The lowest BCUT2D eigenvalue weighted by molar-refractivity contribution is -0.122. The maximum Gasteiger partial charge on any atom is 0.234 e. The smallest absolute Gasteiger partial charge is 0.234 e. The Labute approximate surface area is 206 Å². The average Bonchev–Trinajstić information content (AvgIpc) is 2.78. The third-order valence-electron chi connectivity index (χ3n) is 6.11. The minimum absolute atomic E-state index is 0. The van der Waals surface area contributed by atoms with Crippen LogP contribution in [0.15, 0.2) is 4.99 Å². The van der Waals surface area contributed by atoms with E-state index in [1.165, 1.54) is 38.5 Å². The molecule has 0 atom stereocenters. The molecule has 31 heavy (non-hydrogen) atoms. The van der Waals surface area contributed by atoms with Crippen LogP contribution in [0.25, 0.3) is 0 Å². The summed E-state index contributed by atoms with van der Waals surface area (Å²) in [6, 6.07) is 0.426. The standard InChI is InChI=1S/C23H45N5O2.HI/c1-3-14-25-22(29)19-28-16-12-20(13-17-28)27-23(24-2)26-15-8-5-9-18-30-21-10-6-4-7-11-21;/h20-21H,3-19H2,1-2H3,(H,25,29)(H2,24,26,27);1H. The van der Waals surface area contributed by atoms with Gasteiger partial charge in [0.15, 0.2) is 5.96 Å². The molecule has 7 nitrogen and oxygen atoms in total. The summed E-state index contributed by atoms with van der Waals surface area (Å²) in [5.74, 6) is 1.04.